The van der Waals surface area contributed by atoms with Crippen molar-refractivity contribution in [1.29, 1.82) is 0 Å². The molecule has 3 heterocycles. The molecule has 3 aliphatic rings. The predicted molar refractivity (Wildman–Crippen MR) is 130 cm³/mol. The summed E-state index contributed by atoms with van der Waals surface area (Å²) in [7, 11) is 3.51. The minimum atomic E-state index is -0.666. The Kier molecular flexibility index (Phi) is 5.73. The molecule has 0 N–H and O–H groups in total. The standard InChI is InChI=1S/C26H31N5O4/c1-26(2)15-31(19-11-27-25(28-12-19)30-13-18(14-30)23(33)29(3)4)24(34)22(26)35-20-9-7-17(8-10-20)21(32)16-5-6-16/h7-12,16,18,22H,5-6,13-15H2,1-4H3. The smallest absolute Gasteiger partial charge is 0.268 e. The number of carbonyl (C=O) groups excluding carboxylic acids is 3. The highest BCUT2D eigenvalue weighted by molar-refractivity contribution is 6.00. The van der Waals surface area contributed by atoms with Crippen molar-refractivity contribution in [2.45, 2.75) is 32.8 Å². The Labute approximate surface area is 205 Å². The van der Waals surface area contributed by atoms with E-state index in [-0.39, 0.29) is 29.4 Å². The number of rotatable bonds is 7. The van der Waals surface area contributed by atoms with Crippen molar-refractivity contribution in [3.8, 4) is 5.75 Å². The van der Waals surface area contributed by atoms with Crippen LogP contribution in [0, 0.1) is 17.3 Å². The lowest BCUT2D eigenvalue weighted by atomic mass is 9.89. The molecular weight excluding hydrogens is 446 g/mol. The van der Waals surface area contributed by atoms with Crippen LogP contribution < -0.4 is 14.5 Å². The Morgan fingerprint density at radius 2 is 1.66 bits per heavy atom. The van der Waals surface area contributed by atoms with Crippen LogP contribution in [0.25, 0.3) is 0 Å². The van der Waals surface area contributed by atoms with Crippen molar-refractivity contribution in [1.82, 2.24) is 14.9 Å². The lowest BCUT2D eigenvalue weighted by Gasteiger charge is -2.39. The minimum absolute atomic E-state index is 0.0342. The molecule has 0 radical (unpaired) electrons. The van der Waals surface area contributed by atoms with Gasteiger partial charge in [0, 0.05) is 50.6 Å². The number of hydrogen-bond donors (Lipinski definition) is 0. The summed E-state index contributed by atoms with van der Waals surface area (Å²) in [6.07, 6.45) is 4.57. The van der Waals surface area contributed by atoms with Gasteiger partial charge in [-0.05, 0) is 37.1 Å². The van der Waals surface area contributed by atoms with Gasteiger partial charge >= 0.3 is 0 Å². The lowest BCUT2D eigenvalue weighted by Crippen LogP contribution is -2.54. The fourth-order valence-electron chi connectivity index (χ4n) is 4.67. The third kappa shape index (κ3) is 4.47. The monoisotopic (exact) mass is 477 g/mol. The molecule has 2 amide bonds. The number of Topliss-reactive ketones (excluding diaryl/α,β-unsaturated/α-hetero) is 1. The van der Waals surface area contributed by atoms with E-state index < -0.39 is 11.5 Å². The number of benzene rings is 1. The number of aromatic nitrogens is 2. The topological polar surface area (TPSA) is 95.9 Å². The van der Waals surface area contributed by atoms with Crippen LogP contribution in [0.2, 0.25) is 0 Å². The zero-order chi connectivity index (χ0) is 24.9. The van der Waals surface area contributed by atoms with Gasteiger partial charge in [0.1, 0.15) is 5.75 Å². The van der Waals surface area contributed by atoms with Gasteiger partial charge in [-0.25, -0.2) is 9.97 Å². The summed E-state index contributed by atoms with van der Waals surface area (Å²) in [4.78, 5) is 51.7. The molecule has 1 aromatic heterocycles. The number of carbonyl (C=O) groups is 3. The van der Waals surface area contributed by atoms with Gasteiger partial charge in [-0.2, -0.15) is 0 Å². The molecule has 2 saturated heterocycles. The summed E-state index contributed by atoms with van der Waals surface area (Å²) in [6, 6.07) is 7.08. The molecule has 184 valence electrons. The molecule has 3 fully saturated rings. The molecule has 1 aliphatic carbocycles. The van der Waals surface area contributed by atoms with E-state index in [2.05, 4.69) is 9.97 Å². The van der Waals surface area contributed by atoms with Gasteiger partial charge in [-0.3, -0.25) is 14.4 Å². The second kappa shape index (κ2) is 8.62. The van der Waals surface area contributed by atoms with Gasteiger partial charge in [0.25, 0.3) is 5.91 Å². The third-order valence-corrected chi connectivity index (χ3v) is 7.00. The molecule has 1 saturated carbocycles. The molecule has 2 aliphatic heterocycles. The van der Waals surface area contributed by atoms with Gasteiger partial charge in [0.2, 0.25) is 11.9 Å². The van der Waals surface area contributed by atoms with Crippen molar-refractivity contribution in [3.63, 3.8) is 0 Å². The second-order valence-corrected chi connectivity index (χ2v) is 10.6. The molecule has 2 aromatic rings. The zero-order valence-corrected chi connectivity index (χ0v) is 20.6. The first kappa shape index (κ1) is 23.3. The van der Waals surface area contributed by atoms with Crippen molar-refractivity contribution >= 4 is 29.2 Å². The van der Waals surface area contributed by atoms with Crippen LogP contribution in [0.1, 0.15) is 37.0 Å². The van der Waals surface area contributed by atoms with Crippen molar-refractivity contribution in [3.05, 3.63) is 42.2 Å². The Bertz CT molecular complexity index is 1140. The first-order chi connectivity index (χ1) is 16.6. The van der Waals surface area contributed by atoms with Gasteiger partial charge in [-0.15, -0.1) is 0 Å². The number of nitrogens with zero attached hydrogens (tertiary/aromatic N) is 5. The number of ether oxygens (including phenoxy) is 1. The van der Waals surface area contributed by atoms with E-state index >= 15 is 0 Å². The summed E-state index contributed by atoms with van der Waals surface area (Å²) in [6.45, 7) is 5.65. The van der Waals surface area contributed by atoms with Gasteiger partial charge in [-0.1, -0.05) is 13.8 Å². The molecule has 5 rings (SSSR count). The van der Waals surface area contributed by atoms with Crippen LogP contribution in [0.15, 0.2) is 36.7 Å². The van der Waals surface area contributed by atoms with E-state index in [1.54, 1.807) is 60.6 Å². The summed E-state index contributed by atoms with van der Waals surface area (Å²) in [5.41, 5.74) is 0.871. The molecule has 0 bridgehead atoms. The highest BCUT2D eigenvalue weighted by Crippen LogP contribution is 2.37. The normalized spacial score (nSPS) is 21.6. The van der Waals surface area contributed by atoms with Crippen molar-refractivity contribution < 1.29 is 19.1 Å². The van der Waals surface area contributed by atoms with E-state index in [0.717, 1.165) is 12.8 Å². The minimum Gasteiger partial charge on any atom is -0.480 e. The van der Waals surface area contributed by atoms with Gasteiger partial charge in [0.15, 0.2) is 11.9 Å². The van der Waals surface area contributed by atoms with Crippen LogP contribution in [0.4, 0.5) is 11.6 Å². The first-order valence-corrected chi connectivity index (χ1v) is 12.0. The Morgan fingerprint density at radius 1 is 1.03 bits per heavy atom. The number of amides is 2. The van der Waals surface area contributed by atoms with Crippen LogP contribution in [0.3, 0.4) is 0 Å². The average Bonchev–Trinajstić information content (AvgIpc) is 3.62. The fraction of sp³-hybridized carbons (Fsp3) is 0.500. The van der Waals surface area contributed by atoms with Crippen LogP contribution in [-0.4, -0.2) is 72.3 Å². The second-order valence-electron chi connectivity index (χ2n) is 10.6. The zero-order valence-electron chi connectivity index (χ0n) is 20.6. The van der Waals surface area contributed by atoms with Gasteiger partial charge < -0.3 is 19.4 Å². The Balaban J connectivity index is 1.23. The predicted octanol–water partition coefficient (Wildman–Crippen LogP) is 2.41. The first-order valence-electron chi connectivity index (χ1n) is 12.0. The van der Waals surface area contributed by atoms with Gasteiger partial charge in [0.05, 0.1) is 24.0 Å². The number of anilines is 2. The number of ketones is 1. The fourth-order valence-corrected chi connectivity index (χ4v) is 4.67. The maximum Gasteiger partial charge on any atom is 0.268 e. The summed E-state index contributed by atoms with van der Waals surface area (Å²) in [5.74, 6) is 1.40. The molecule has 0 spiro atoms. The molecule has 9 heteroatoms. The molecular formula is C26H31N5O4. The Morgan fingerprint density at radius 3 is 2.23 bits per heavy atom. The van der Waals surface area contributed by atoms with E-state index in [4.69, 9.17) is 4.74 Å². The highest BCUT2D eigenvalue weighted by atomic mass is 16.5. The summed E-state index contributed by atoms with van der Waals surface area (Å²) in [5, 5.41) is 0. The third-order valence-electron chi connectivity index (χ3n) is 7.00. The molecule has 9 nitrogen and oxygen atoms in total. The molecule has 35 heavy (non-hydrogen) atoms. The molecule has 1 unspecified atom stereocenters. The lowest BCUT2D eigenvalue weighted by molar-refractivity contribution is -0.133. The molecule has 1 aromatic carbocycles. The van der Waals surface area contributed by atoms with Crippen LogP contribution in [-0.2, 0) is 9.59 Å². The maximum atomic E-state index is 13.3. The SMILES string of the molecule is CN(C)C(=O)C1CN(c2ncc(N3CC(C)(C)C(Oc4ccc(C(=O)C5CC5)cc4)C3=O)cn2)C1. The number of hydrogen-bond acceptors (Lipinski definition) is 7. The van der Waals surface area contributed by atoms with Crippen LogP contribution >= 0.6 is 0 Å². The van der Waals surface area contributed by atoms with E-state index in [0.29, 0.717) is 42.6 Å². The Hall–Kier alpha value is -3.49. The van der Waals surface area contributed by atoms with E-state index in [9.17, 15) is 14.4 Å². The highest BCUT2D eigenvalue weighted by Gasteiger charge is 2.49. The van der Waals surface area contributed by atoms with E-state index in [1.807, 2.05) is 18.7 Å². The molecule has 1 atom stereocenters. The van der Waals surface area contributed by atoms with Crippen molar-refractivity contribution in [2.24, 2.45) is 17.3 Å². The van der Waals surface area contributed by atoms with Crippen molar-refractivity contribution in [2.75, 3.05) is 43.5 Å². The van der Waals surface area contributed by atoms with Crippen LogP contribution in [0.5, 0.6) is 5.75 Å². The summed E-state index contributed by atoms with van der Waals surface area (Å²) < 4.78 is 6.12. The summed E-state index contributed by atoms with van der Waals surface area (Å²) >= 11 is 0. The maximum absolute atomic E-state index is 13.3. The quantitative estimate of drug-likeness (QED) is 0.565. The largest absolute Gasteiger partial charge is 0.480 e. The average molecular weight is 478 g/mol. The van der Waals surface area contributed by atoms with E-state index in [1.165, 1.54) is 0 Å².